The Morgan fingerprint density at radius 3 is 1.94 bits per heavy atom. The normalized spacial score (nSPS) is 16.2. The Kier molecular flexibility index (Phi) is 7.36. The monoisotopic (exact) mass is 480 g/mol. The summed E-state index contributed by atoms with van der Waals surface area (Å²) in [6.07, 6.45) is 0. The molecule has 1 saturated heterocycles. The molecule has 0 aliphatic carbocycles. The zero-order chi connectivity index (χ0) is 23.5. The second kappa shape index (κ2) is 9.67. The minimum absolute atomic E-state index is 0.0355. The highest BCUT2D eigenvalue weighted by molar-refractivity contribution is 7.89. The van der Waals surface area contributed by atoms with Gasteiger partial charge in [0.25, 0.3) is 0 Å². The maximum atomic E-state index is 12.9. The number of carbonyl (C=O) groups excluding carboxylic acids is 1. The van der Waals surface area contributed by atoms with Crippen molar-refractivity contribution in [2.45, 2.75) is 29.6 Å². The molecule has 2 aromatic carbocycles. The first-order chi connectivity index (χ1) is 15.0. The van der Waals surface area contributed by atoms with E-state index < -0.39 is 20.0 Å². The molecule has 11 heteroatoms. The Hall–Kier alpha value is -2.31. The molecule has 32 heavy (non-hydrogen) atoms. The van der Waals surface area contributed by atoms with E-state index in [0.29, 0.717) is 37.8 Å². The first-order valence-electron chi connectivity index (χ1n) is 10.2. The molecule has 1 aliphatic rings. The number of piperazine rings is 1. The molecule has 0 aromatic heterocycles. The van der Waals surface area contributed by atoms with Gasteiger partial charge in [-0.3, -0.25) is 9.69 Å². The van der Waals surface area contributed by atoms with Gasteiger partial charge in [0.05, 0.1) is 16.3 Å². The third-order valence-corrected chi connectivity index (χ3v) is 8.19. The molecule has 0 spiro atoms. The first-order valence-corrected chi connectivity index (χ1v) is 13.2. The topological polar surface area (TPSA) is 130 Å². The summed E-state index contributed by atoms with van der Waals surface area (Å²) in [6, 6.07) is 12.5. The Bertz CT molecular complexity index is 1150. The molecular formula is C21H28N4O5S2. The van der Waals surface area contributed by atoms with Crippen LogP contribution in [0.2, 0.25) is 0 Å². The molecule has 0 bridgehead atoms. The molecule has 0 atom stereocenters. The molecule has 0 radical (unpaired) electrons. The van der Waals surface area contributed by atoms with E-state index >= 15 is 0 Å². The van der Waals surface area contributed by atoms with Gasteiger partial charge in [0.1, 0.15) is 0 Å². The van der Waals surface area contributed by atoms with Gasteiger partial charge >= 0.3 is 0 Å². The van der Waals surface area contributed by atoms with Crippen LogP contribution < -0.4 is 10.5 Å². The first kappa shape index (κ1) is 24.3. The maximum Gasteiger partial charge on any atom is 0.243 e. The van der Waals surface area contributed by atoms with Crippen molar-refractivity contribution in [3.8, 4) is 0 Å². The summed E-state index contributed by atoms with van der Waals surface area (Å²) in [7, 11) is -7.36. The molecule has 1 heterocycles. The summed E-state index contributed by atoms with van der Waals surface area (Å²) >= 11 is 0. The number of sulfonamides is 2. The van der Waals surface area contributed by atoms with Gasteiger partial charge in [-0.1, -0.05) is 26.0 Å². The van der Waals surface area contributed by atoms with Gasteiger partial charge in [0, 0.05) is 31.9 Å². The van der Waals surface area contributed by atoms with Crippen molar-refractivity contribution in [1.29, 1.82) is 0 Å². The number of hydrogen-bond donors (Lipinski definition) is 2. The van der Waals surface area contributed by atoms with E-state index in [1.807, 2.05) is 17.0 Å². The van der Waals surface area contributed by atoms with Crippen molar-refractivity contribution >= 4 is 31.6 Å². The highest BCUT2D eigenvalue weighted by Crippen LogP contribution is 2.21. The van der Waals surface area contributed by atoms with Crippen LogP contribution in [0.5, 0.6) is 0 Å². The van der Waals surface area contributed by atoms with Crippen LogP contribution in [-0.2, 0) is 24.8 Å². The average molecular weight is 481 g/mol. The quantitative estimate of drug-likeness (QED) is 0.616. The molecule has 0 saturated carbocycles. The van der Waals surface area contributed by atoms with Gasteiger partial charge in [0.2, 0.25) is 26.0 Å². The molecule has 1 amide bonds. The number of anilines is 1. The predicted octanol–water partition coefficient (Wildman–Crippen LogP) is 1.40. The summed E-state index contributed by atoms with van der Waals surface area (Å²) in [4.78, 5) is 14.4. The Morgan fingerprint density at radius 2 is 1.44 bits per heavy atom. The Morgan fingerprint density at radius 1 is 0.906 bits per heavy atom. The number of benzene rings is 2. The maximum absolute atomic E-state index is 12.9. The number of rotatable bonds is 7. The van der Waals surface area contributed by atoms with Crippen LogP contribution in [0.3, 0.4) is 0 Å². The average Bonchev–Trinajstić information content (AvgIpc) is 2.74. The van der Waals surface area contributed by atoms with Crippen molar-refractivity contribution in [2.24, 2.45) is 5.14 Å². The molecule has 1 fully saturated rings. The minimum Gasteiger partial charge on any atom is -0.325 e. The number of hydrogen-bond acceptors (Lipinski definition) is 6. The SMILES string of the molecule is CC(C)c1ccc(S(=O)(=O)N2CCN(CC(=O)Nc3ccc(S(N)(=O)=O)cc3)CC2)cc1. The largest absolute Gasteiger partial charge is 0.325 e. The number of nitrogens with one attached hydrogen (secondary N) is 1. The number of primary sulfonamides is 1. The lowest BCUT2D eigenvalue weighted by Gasteiger charge is -2.33. The van der Waals surface area contributed by atoms with E-state index in [9.17, 15) is 21.6 Å². The molecule has 3 N–H and O–H groups in total. The van der Waals surface area contributed by atoms with Gasteiger partial charge in [0.15, 0.2) is 0 Å². The molecule has 9 nitrogen and oxygen atoms in total. The standard InChI is InChI=1S/C21H28N4O5S2/c1-16(2)17-3-7-20(8-4-17)32(29,30)25-13-11-24(12-14-25)15-21(26)23-18-5-9-19(10-6-18)31(22,27)28/h3-10,16H,11-15H2,1-2H3,(H,23,26)(H2,22,27,28). The van der Waals surface area contributed by atoms with Gasteiger partial charge in [-0.15, -0.1) is 0 Å². The summed E-state index contributed by atoms with van der Waals surface area (Å²) < 4.78 is 49.9. The molecule has 1 aliphatic heterocycles. The van der Waals surface area contributed by atoms with Gasteiger partial charge in [-0.2, -0.15) is 4.31 Å². The number of carbonyl (C=O) groups is 1. The molecular weight excluding hydrogens is 452 g/mol. The molecule has 2 aromatic rings. The van der Waals surface area contributed by atoms with Crippen molar-refractivity contribution in [2.75, 3.05) is 38.0 Å². The van der Waals surface area contributed by atoms with Crippen molar-refractivity contribution < 1.29 is 21.6 Å². The van der Waals surface area contributed by atoms with Crippen LogP contribution in [0.25, 0.3) is 0 Å². The minimum atomic E-state index is -3.79. The zero-order valence-electron chi connectivity index (χ0n) is 18.1. The molecule has 3 rings (SSSR count). The van der Waals surface area contributed by atoms with E-state index in [-0.39, 0.29) is 22.2 Å². The van der Waals surface area contributed by atoms with E-state index in [1.165, 1.54) is 28.6 Å². The van der Waals surface area contributed by atoms with Gasteiger partial charge < -0.3 is 5.32 Å². The number of nitrogens with zero attached hydrogens (tertiary/aromatic N) is 2. The van der Waals surface area contributed by atoms with Crippen LogP contribution in [-0.4, -0.2) is 64.7 Å². The fourth-order valence-electron chi connectivity index (χ4n) is 3.43. The van der Waals surface area contributed by atoms with E-state index in [1.54, 1.807) is 12.1 Å². The van der Waals surface area contributed by atoms with E-state index in [0.717, 1.165) is 5.56 Å². The van der Waals surface area contributed by atoms with Crippen LogP contribution in [0.15, 0.2) is 58.3 Å². The van der Waals surface area contributed by atoms with E-state index in [4.69, 9.17) is 5.14 Å². The third kappa shape index (κ3) is 5.93. The fourth-order valence-corrected chi connectivity index (χ4v) is 5.37. The summed E-state index contributed by atoms with van der Waals surface area (Å²) in [6.45, 7) is 5.67. The highest BCUT2D eigenvalue weighted by atomic mass is 32.2. The predicted molar refractivity (Wildman–Crippen MR) is 122 cm³/mol. The smallest absolute Gasteiger partial charge is 0.243 e. The second-order valence-corrected chi connectivity index (χ2v) is 11.5. The van der Waals surface area contributed by atoms with Crippen molar-refractivity contribution in [3.63, 3.8) is 0 Å². The third-order valence-electron chi connectivity index (χ3n) is 5.35. The van der Waals surface area contributed by atoms with E-state index in [2.05, 4.69) is 19.2 Å². The lowest BCUT2D eigenvalue weighted by molar-refractivity contribution is -0.117. The number of nitrogens with two attached hydrogens (primary N) is 1. The zero-order valence-corrected chi connectivity index (χ0v) is 19.7. The van der Waals surface area contributed by atoms with Crippen molar-refractivity contribution in [3.05, 3.63) is 54.1 Å². The van der Waals surface area contributed by atoms with Crippen molar-refractivity contribution in [1.82, 2.24) is 9.21 Å². The highest BCUT2D eigenvalue weighted by Gasteiger charge is 2.29. The lowest BCUT2D eigenvalue weighted by Crippen LogP contribution is -2.50. The molecule has 174 valence electrons. The summed E-state index contributed by atoms with van der Waals surface area (Å²) in [5.41, 5.74) is 1.53. The van der Waals surface area contributed by atoms with Gasteiger partial charge in [-0.25, -0.2) is 22.0 Å². The Labute approximate surface area is 189 Å². The Balaban J connectivity index is 1.53. The second-order valence-electron chi connectivity index (χ2n) is 8.02. The lowest BCUT2D eigenvalue weighted by atomic mass is 10.0. The van der Waals surface area contributed by atoms with Crippen LogP contribution >= 0.6 is 0 Å². The molecule has 0 unspecified atom stereocenters. The fraction of sp³-hybridized carbons (Fsp3) is 0.381. The summed E-state index contributed by atoms with van der Waals surface area (Å²) in [5.74, 6) is 0.0574. The van der Waals surface area contributed by atoms with Crippen LogP contribution in [0.4, 0.5) is 5.69 Å². The van der Waals surface area contributed by atoms with Crippen LogP contribution in [0, 0.1) is 0 Å². The van der Waals surface area contributed by atoms with Gasteiger partial charge in [-0.05, 0) is 47.9 Å². The number of amides is 1. The summed E-state index contributed by atoms with van der Waals surface area (Å²) in [5, 5.41) is 7.76. The van der Waals surface area contributed by atoms with Crippen LogP contribution in [0.1, 0.15) is 25.3 Å².